The predicted molar refractivity (Wildman–Crippen MR) is 75.4 cm³/mol. The van der Waals surface area contributed by atoms with Crippen LogP contribution in [0.2, 0.25) is 5.02 Å². The molecule has 104 valence electrons. The Balaban J connectivity index is 2.17. The van der Waals surface area contributed by atoms with Gasteiger partial charge in [0.25, 0.3) is 11.6 Å². The minimum Gasteiger partial charge on any atom is -0.266 e. The minimum atomic E-state index is -0.655. The smallest absolute Gasteiger partial charge is 0.266 e. The van der Waals surface area contributed by atoms with Gasteiger partial charge in [0.05, 0.1) is 10.4 Å². The Morgan fingerprint density at radius 2 is 2.00 bits per heavy atom. The molecule has 0 spiro atoms. The van der Waals surface area contributed by atoms with Crippen LogP contribution in [0.1, 0.15) is 10.4 Å². The molecule has 8 heteroatoms. The molecular formula is C13H7ClN4O3. The van der Waals surface area contributed by atoms with E-state index >= 15 is 0 Å². The van der Waals surface area contributed by atoms with Crippen LogP contribution in [0.25, 0.3) is 11.0 Å². The first-order valence-corrected chi connectivity index (χ1v) is 6.25. The Morgan fingerprint density at radius 1 is 1.24 bits per heavy atom. The lowest BCUT2D eigenvalue weighted by Gasteiger charge is -2.03. The first-order chi connectivity index (χ1) is 10.1. The van der Waals surface area contributed by atoms with Crippen LogP contribution in [0.3, 0.4) is 0 Å². The first-order valence-electron chi connectivity index (χ1n) is 5.87. The lowest BCUT2D eigenvalue weighted by molar-refractivity contribution is -0.385. The Labute approximate surface area is 122 Å². The summed E-state index contributed by atoms with van der Waals surface area (Å²) < 4.78 is 1.03. The van der Waals surface area contributed by atoms with Crippen LogP contribution in [0.5, 0.6) is 0 Å². The molecule has 2 aromatic carbocycles. The van der Waals surface area contributed by atoms with Crippen molar-refractivity contribution in [3.05, 3.63) is 63.2 Å². The monoisotopic (exact) mass is 302 g/mol. The molecule has 21 heavy (non-hydrogen) atoms. The van der Waals surface area contributed by atoms with E-state index in [1.807, 2.05) is 0 Å². The van der Waals surface area contributed by atoms with Gasteiger partial charge >= 0.3 is 0 Å². The summed E-state index contributed by atoms with van der Waals surface area (Å²) in [5.41, 5.74) is 0.543. The number of aromatic nitrogens is 3. The number of nitro benzene ring substituents is 1. The second-order valence-electron chi connectivity index (χ2n) is 4.21. The maximum Gasteiger partial charge on any atom is 0.287 e. The van der Waals surface area contributed by atoms with Crippen LogP contribution in [0, 0.1) is 10.1 Å². The van der Waals surface area contributed by atoms with Crippen molar-refractivity contribution < 1.29 is 9.72 Å². The van der Waals surface area contributed by atoms with Gasteiger partial charge in [-0.1, -0.05) is 28.9 Å². The molecule has 0 aliphatic carbocycles. The third-order valence-electron chi connectivity index (χ3n) is 2.93. The molecule has 3 rings (SSSR count). The molecule has 0 unspecified atom stereocenters. The maximum absolute atomic E-state index is 12.5. The summed E-state index contributed by atoms with van der Waals surface area (Å²) in [5.74, 6) is -0.632. The molecule has 0 N–H and O–H groups in total. The maximum atomic E-state index is 12.5. The second-order valence-corrected chi connectivity index (χ2v) is 4.65. The van der Waals surface area contributed by atoms with E-state index in [2.05, 4.69) is 10.3 Å². The van der Waals surface area contributed by atoms with Crippen LogP contribution in [-0.4, -0.2) is 25.8 Å². The summed E-state index contributed by atoms with van der Waals surface area (Å²) in [4.78, 5) is 22.9. The highest BCUT2D eigenvalue weighted by molar-refractivity contribution is 6.31. The van der Waals surface area contributed by atoms with Crippen molar-refractivity contribution in [3.63, 3.8) is 0 Å². The predicted octanol–water partition coefficient (Wildman–Crippen LogP) is 2.68. The van der Waals surface area contributed by atoms with Gasteiger partial charge in [0, 0.05) is 11.1 Å². The van der Waals surface area contributed by atoms with Crippen molar-refractivity contribution in [2.24, 2.45) is 0 Å². The highest BCUT2D eigenvalue weighted by atomic mass is 35.5. The molecule has 1 aromatic heterocycles. The number of nitro groups is 1. The average Bonchev–Trinajstić information content (AvgIpc) is 2.90. The normalized spacial score (nSPS) is 10.7. The number of para-hydroxylation sites is 1. The van der Waals surface area contributed by atoms with Gasteiger partial charge in [-0.2, -0.15) is 4.68 Å². The van der Waals surface area contributed by atoms with Gasteiger partial charge in [-0.05, 0) is 24.3 Å². The van der Waals surface area contributed by atoms with Gasteiger partial charge < -0.3 is 0 Å². The lowest BCUT2D eigenvalue weighted by Crippen LogP contribution is -2.15. The Kier molecular flexibility index (Phi) is 3.11. The molecule has 0 radical (unpaired) electrons. The number of fused-ring (bicyclic) bond motifs is 1. The van der Waals surface area contributed by atoms with E-state index in [9.17, 15) is 14.9 Å². The number of carbonyl (C=O) groups is 1. The van der Waals surface area contributed by atoms with E-state index in [0.29, 0.717) is 11.0 Å². The summed E-state index contributed by atoms with van der Waals surface area (Å²) in [7, 11) is 0. The topological polar surface area (TPSA) is 90.9 Å². The second kappa shape index (κ2) is 4.95. The lowest BCUT2D eigenvalue weighted by atomic mass is 10.1. The SMILES string of the molecule is O=C(c1ccc(Cl)cc1[N+](=O)[O-])n1nnc2ccccc21. The van der Waals surface area contributed by atoms with Gasteiger partial charge in [-0.25, -0.2) is 0 Å². The van der Waals surface area contributed by atoms with Crippen LogP contribution in [-0.2, 0) is 0 Å². The number of carbonyl (C=O) groups excluding carboxylic acids is 1. The quantitative estimate of drug-likeness (QED) is 0.536. The zero-order chi connectivity index (χ0) is 15.0. The molecule has 0 aliphatic rings. The van der Waals surface area contributed by atoms with Crippen LogP contribution in [0.4, 0.5) is 5.69 Å². The standard InChI is InChI=1S/C13H7ClN4O3/c14-8-5-6-9(12(7-8)18(20)21)13(19)17-11-4-2-1-3-10(11)15-16-17/h1-7H. The van der Waals surface area contributed by atoms with Gasteiger partial charge in [-0.15, -0.1) is 5.10 Å². The first kappa shape index (κ1) is 13.2. The zero-order valence-electron chi connectivity index (χ0n) is 10.4. The Bertz CT molecular complexity index is 875. The summed E-state index contributed by atoms with van der Waals surface area (Å²) in [6.07, 6.45) is 0. The summed E-state index contributed by atoms with van der Waals surface area (Å²) in [6.45, 7) is 0. The molecular weight excluding hydrogens is 296 g/mol. The molecule has 0 amide bonds. The average molecular weight is 303 g/mol. The van der Waals surface area contributed by atoms with Crippen molar-refractivity contribution in [2.45, 2.75) is 0 Å². The van der Waals surface area contributed by atoms with E-state index in [-0.39, 0.29) is 16.3 Å². The fourth-order valence-electron chi connectivity index (χ4n) is 1.97. The minimum absolute atomic E-state index is 0.0972. The van der Waals surface area contributed by atoms with Crippen molar-refractivity contribution in [1.29, 1.82) is 0 Å². The van der Waals surface area contributed by atoms with Crippen LogP contribution < -0.4 is 0 Å². The Hall–Kier alpha value is -2.80. The third kappa shape index (κ3) is 2.23. The van der Waals surface area contributed by atoms with Crippen molar-refractivity contribution >= 4 is 34.2 Å². The molecule has 3 aromatic rings. The van der Waals surface area contributed by atoms with Crippen LogP contribution in [0.15, 0.2) is 42.5 Å². The van der Waals surface area contributed by atoms with E-state index < -0.39 is 10.8 Å². The summed E-state index contributed by atoms with van der Waals surface area (Å²) in [5, 5.41) is 18.9. The Morgan fingerprint density at radius 3 is 2.76 bits per heavy atom. The number of benzene rings is 2. The zero-order valence-corrected chi connectivity index (χ0v) is 11.2. The summed E-state index contributed by atoms with van der Waals surface area (Å²) >= 11 is 5.74. The van der Waals surface area contributed by atoms with Gasteiger partial charge in [-0.3, -0.25) is 14.9 Å². The molecule has 0 saturated carbocycles. The van der Waals surface area contributed by atoms with Crippen LogP contribution >= 0.6 is 11.6 Å². The fraction of sp³-hybridized carbons (Fsp3) is 0. The van der Waals surface area contributed by atoms with E-state index in [0.717, 1.165) is 10.7 Å². The number of hydrogen-bond donors (Lipinski definition) is 0. The van der Waals surface area contributed by atoms with Crippen molar-refractivity contribution in [3.8, 4) is 0 Å². The third-order valence-corrected chi connectivity index (χ3v) is 3.17. The summed E-state index contributed by atoms with van der Waals surface area (Å²) in [6, 6.07) is 10.7. The van der Waals surface area contributed by atoms with Crippen molar-refractivity contribution in [1.82, 2.24) is 15.0 Å². The molecule has 0 atom stereocenters. The molecule has 1 heterocycles. The van der Waals surface area contributed by atoms with E-state index in [4.69, 9.17) is 11.6 Å². The number of halogens is 1. The largest absolute Gasteiger partial charge is 0.287 e. The number of hydrogen-bond acceptors (Lipinski definition) is 5. The number of nitrogens with zero attached hydrogens (tertiary/aromatic N) is 4. The molecule has 7 nitrogen and oxygen atoms in total. The highest BCUT2D eigenvalue weighted by Crippen LogP contribution is 2.24. The van der Waals surface area contributed by atoms with Gasteiger partial charge in [0.2, 0.25) is 0 Å². The van der Waals surface area contributed by atoms with Gasteiger partial charge in [0.1, 0.15) is 11.1 Å². The van der Waals surface area contributed by atoms with E-state index in [1.54, 1.807) is 24.3 Å². The highest BCUT2D eigenvalue weighted by Gasteiger charge is 2.23. The van der Waals surface area contributed by atoms with Gasteiger partial charge in [0.15, 0.2) is 0 Å². The molecule has 0 aliphatic heterocycles. The molecule has 0 bridgehead atoms. The number of rotatable bonds is 2. The van der Waals surface area contributed by atoms with Crippen molar-refractivity contribution in [2.75, 3.05) is 0 Å². The van der Waals surface area contributed by atoms with E-state index in [1.165, 1.54) is 12.1 Å². The fourth-order valence-corrected chi connectivity index (χ4v) is 2.14. The molecule has 0 fully saturated rings. The molecule has 0 saturated heterocycles.